The molecule has 1 aromatic rings. The van der Waals surface area contributed by atoms with E-state index >= 15 is 0 Å². The van der Waals surface area contributed by atoms with Crippen molar-refractivity contribution in [1.82, 2.24) is 9.80 Å². The Morgan fingerprint density at radius 2 is 1.76 bits per heavy atom. The van der Waals surface area contributed by atoms with Crippen molar-refractivity contribution >= 4 is 12.2 Å². The lowest BCUT2D eigenvalue weighted by molar-refractivity contribution is 0.0258. The molecule has 6 heteroatoms. The fourth-order valence-electron chi connectivity index (χ4n) is 3.49. The summed E-state index contributed by atoms with van der Waals surface area (Å²) in [5, 5.41) is 0. The first-order chi connectivity index (χ1) is 11.8. The summed E-state index contributed by atoms with van der Waals surface area (Å²) in [6, 6.07) is 9.78. The summed E-state index contributed by atoms with van der Waals surface area (Å²) in [4.78, 5) is 27.7. The van der Waals surface area contributed by atoms with E-state index in [9.17, 15) is 9.59 Å². The highest BCUT2D eigenvalue weighted by atomic mass is 16.6. The zero-order chi connectivity index (χ0) is 18.2. The molecule has 1 aromatic carbocycles. The SMILES string of the molecule is CN(C(=O)OCc1ccccc1)[C@@H]1[C@@H]2CN(C(=O)OC(C)(C)C)C[C@@H]21. The van der Waals surface area contributed by atoms with Crippen LogP contribution in [-0.4, -0.2) is 53.8 Å². The normalized spacial score (nSPS) is 24.5. The molecule has 2 fully saturated rings. The molecule has 6 nitrogen and oxygen atoms in total. The number of carbonyl (C=O) groups excluding carboxylic acids is 2. The van der Waals surface area contributed by atoms with Gasteiger partial charge in [0.2, 0.25) is 0 Å². The molecular formula is C19H26N2O4. The molecule has 3 atom stereocenters. The van der Waals surface area contributed by atoms with Crippen LogP contribution in [0.5, 0.6) is 0 Å². The second kappa shape index (κ2) is 6.58. The predicted molar refractivity (Wildman–Crippen MR) is 93.0 cm³/mol. The van der Waals surface area contributed by atoms with Crippen LogP contribution in [-0.2, 0) is 16.1 Å². The molecule has 2 amide bonds. The summed E-state index contributed by atoms with van der Waals surface area (Å²) in [6.07, 6.45) is -0.583. The lowest BCUT2D eigenvalue weighted by atomic mass is 10.2. The van der Waals surface area contributed by atoms with Gasteiger partial charge in [0.15, 0.2) is 0 Å². The molecule has 0 unspecified atom stereocenters. The van der Waals surface area contributed by atoms with Crippen LogP contribution in [0.25, 0.3) is 0 Å². The van der Waals surface area contributed by atoms with Gasteiger partial charge in [-0.2, -0.15) is 0 Å². The Morgan fingerprint density at radius 3 is 2.32 bits per heavy atom. The maximum atomic E-state index is 12.2. The van der Waals surface area contributed by atoms with E-state index in [0.717, 1.165) is 5.56 Å². The Morgan fingerprint density at radius 1 is 1.16 bits per heavy atom. The first-order valence-corrected chi connectivity index (χ1v) is 8.68. The van der Waals surface area contributed by atoms with Crippen molar-refractivity contribution in [3.05, 3.63) is 35.9 Å². The molecule has 1 heterocycles. The Balaban J connectivity index is 1.45. The minimum Gasteiger partial charge on any atom is -0.445 e. The number of rotatable bonds is 3. The van der Waals surface area contributed by atoms with Crippen molar-refractivity contribution < 1.29 is 19.1 Å². The lowest BCUT2D eigenvalue weighted by Gasteiger charge is -2.27. The number of ether oxygens (including phenoxy) is 2. The van der Waals surface area contributed by atoms with Crippen molar-refractivity contribution in [2.75, 3.05) is 20.1 Å². The standard InChI is InChI=1S/C19H26N2O4/c1-19(2,3)25-18(23)21-10-14-15(11-21)16(14)20(4)17(22)24-12-13-8-6-5-7-9-13/h5-9,14-16H,10-12H2,1-4H3/t14-,15+,16-. The predicted octanol–water partition coefficient (Wildman–Crippen LogP) is 3.12. The quantitative estimate of drug-likeness (QED) is 0.844. The van der Waals surface area contributed by atoms with E-state index in [1.54, 1.807) is 16.8 Å². The maximum absolute atomic E-state index is 12.2. The van der Waals surface area contributed by atoms with Gasteiger partial charge in [0, 0.05) is 38.0 Å². The molecule has 1 saturated carbocycles. The molecule has 3 rings (SSSR count). The zero-order valence-corrected chi connectivity index (χ0v) is 15.3. The smallest absolute Gasteiger partial charge is 0.410 e. The van der Waals surface area contributed by atoms with Gasteiger partial charge in [-0.1, -0.05) is 30.3 Å². The molecule has 136 valence electrons. The minimum absolute atomic E-state index is 0.155. The van der Waals surface area contributed by atoms with Crippen LogP contribution in [0, 0.1) is 11.8 Å². The van der Waals surface area contributed by atoms with Crippen molar-refractivity contribution in [1.29, 1.82) is 0 Å². The fourth-order valence-corrected chi connectivity index (χ4v) is 3.49. The van der Waals surface area contributed by atoms with Crippen LogP contribution in [0.1, 0.15) is 26.3 Å². The van der Waals surface area contributed by atoms with Crippen molar-refractivity contribution in [2.24, 2.45) is 11.8 Å². The van der Waals surface area contributed by atoms with Crippen LogP contribution in [0.2, 0.25) is 0 Å². The van der Waals surface area contributed by atoms with Gasteiger partial charge in [-0.25, -0.2) is 9.59 Å². The van der Waals surface area contributed by atoms with Gasteiger partial charge in [0.25, 0.3) is 0 Å². The van der Waals surface area contributed by atoms with Crippen LogP contribution < -0.4 is 0 Å². The van der Waals surface area contributed by atoms with Crippen LogP contribution in [0.3, 0.4) is 0 Å². The highest BCUT2D eigenvalue weighted by Gasteiger charge is 2.60. The van der Waals surface area contributed by atoms with Crippen LogP contribution in [0.4, 0.5) is 9.59 Å². The lowest BCUT2D eigenvalue weighted by Crippen LogP contribution is -2.40. The number of hydrogen-bond donors (Lipinski definition) is 0. The molecule has 0 radical (unpaired) electrons. The molecule has 2 aliphatic rings. The molecule has 1 aliphatic carbocycles. The summed E-state index contributed by atoms with van der Waals surface area (Å²) in [5.74, 6) is 0.642. The number of likely N-dealkylation sites (tertiary alicyclic amines) is 1. The number of fused-ring (bicyclic) bond motifs is 1. The first-order valence-electron chi connectivity index (χ1n) is 8.68. The molecule has 0 aromatic heterocycles. The molecule has 1 saturated heterocycles. The van der Waals surface area contributed by atoms with E-state index in [-0.39, 0.29) is 24.8 Å². The summed E-state index contributed by atoms with van der Waals surface area (Å²) < 4.78 is 10.8. The maximum Gasteiger partial charge on any atom is 0.410 e. The van der Waals surface area contributed by atoms with Gasteiger partial charge in [-0.05, 0) is 26.3 Å². The zero-order valence-electron chi connectivity index (χ0n) is 15.3. The van der Waals surface area contributed by atoms with Crippen LogP contribution in [0.15, 0.2) is 30.3 Å². The molecule has 25 heavy (non-hydrogen) atoms. The van der Waals surface area contributed by atoms with Gasteiger partial charge >= 0.3 is 12.2 Å². The monoisotopic (exact) mass is 346 g/mol. The Bertz CT molecular complexity index is 629. The van der Waals surface area contributed by atoms with Gasteiger partial charge in [0.1, 0.15) is 12.2 Å². The van der Waals surface area contributed by atoms with Crippen molar-refractivity contribution in [3.8, 4) is 0 Å². The van der Waals surface area contributed by atoms with E-state index in [0.29, 0.717) is 24.9 Å². The van der Waals surface area contributed by atoms with E-state index in [1.165, 1.54) is 0 Å². The topological polar surface area (TPSA) is 59.1 Å². The van der Waals surface area contributed by atoms with Gasteiger partial charge in [-0.15, -0.1) is 0 Å². The molecule has 1 aliphatic heterocycles. The van der Waals surface area contributed by atoms with Crippen molar-refractivity contribution in [2.45, 2.75) is 39.0 Å². The number of amides is 2. The minimum atomic E-state index is -0.485. The van der Waals surface area contributed by atoms with E-state index in [4.69, 9.17) is 9.47 Å². The summed E-state index contributed by atoms with van der Waals surface area (Å²) >= 11 is 0. The number of nitrogens with zero attached hydrogens (tertiary/aromatic N) is 2. The Hall–Kier alpha value is -2.24. The number of benzene rings is 1. The molecular weight excluding hydrogens is 320 g/mol. The third-order valence-corrected chi connectivity index (χ3v) is 4.74. The average Bonchev–Trinajstić information content (AvgIpc) is 3.04. The number of piperidine rings is 1. The second-order valence-corrected chi connectivity index (χ2v) is 7.85. The highest BCUT2D eigenvalue weighted by Crippen LogP contribution is 2.48. The Labute approximate surface area is 148 Å². The number of carbonyl (C=O) groups is 2. The number of hydrogen-bond acceptors (Lipinski definition) is 4. The summed E-state index contributed by atoms with van der Waals surface area (Å²) in [7, 11) is 1.77. The average molecular weight is 346 g/mol. The van der Waals surface area contributed by atoms with E-state index in [2.05, 4.69) is 0 Å². The van der Waals surface area contributed by atoms with E-state index in [1.807, 2.05) is 51.1 Å². The van der Waals surface area contributed by atoms with Crippen LogP contribution >= 0.6 is 0 Å². The second-order valence-electron chi connectivity index (χ2n) is 7.85. The highest BCUT2D eigenvalue weighted by molar-refractivity contribution is 5.70. The van der Waals surface area contributed by atoms with Gasteiger partial charge in [0.05, 0.1) is 0 Å². The molecule has 0 spiro atoms. The van der Waals surface area contributed by atoms with Gasteiger partial charge in [-0.3, -0.25) is 0 Å². The first kappa shape index (κ1) is 17.6. The van der Waals surface area contributed by atoms with Gasteiger partial charge < -0.3 is 19.3 Å². The fraction of sp³-hybridized carbons (Fsp3) is 0.579. The third kappa shape index (κ3) is 4.06. The third-order valence-electron chi connectivity index (χ3n) is 4.74. The Kier molecular flexibility index (Phi) is 4.62. The molecule has 0 N–H and O–H groups in total. The molecule has 0 bridgehead atoms. The summed E-state index contributed by atoms with van der Waals surface area (Å²) in [5.41, 5.74) is 0.484. The summed E-state index contributed by atoms with van der Waals surface area (Å²) in [6.45, 7) is 7.14. The van der Waals surface area contributed by atoms with Crippen molar-refractivity contribution in [3.63, 3.8) is 0 Å². The largest absolute Gasteiger partial charge is 0.445 e. The van der Waals surface area contributed by atoms with E-state index < -0.39 is 5.60 Å².